The van der Waals surface area contributed by atoms with Crippen LogP contribution < -0.4 is 10.6 Å². The van der Waals surface area contributed by atoms with Crippen LogP contribution in [0.3, 0.4) is 0 Å². The third-order valence-electron chi connectivity index (χ3n) is 5.08. The zero-order valence-corrected chi connectivity index (χ0v) is 14.6. The molecule has 27 heavy (non-hydrogen) atoms. The fourth-order valence-electron chi connectivity index (χ4n) is 3.63. The Bertz CT molecular complexity index is 868. The molecule has 2 N–H and O–H groups in total. The van der Waals surface area contributed by atoms with Gasteiger partial charge in [-0.3, -0.25) is 0 Å². The molecule has 2 aliphatic carbocycles. The van der Waals surface area contributed by atoms with Gasteiger partial charge in [0.25, 0.3) is 5.92 Å². The van der Waals surface area contributed by atoms with Crippen molar-refractivity contribution in [1.82, 2.24) is 19.7 Å². The molecule has 0 amide bonds. The summed E-state index contributed by atoms with van der Waals surface area (Å²) in [5, 5.41) is 9.38. The predicted molar refractivity (Wildman–Crippen MR) is 87.3 cm³/mol. The third kappa shape index (κ3) is 2.97. The van der Waals surface area contributed by atoms with Crippen LogP contribution in [0.5, 0.6) is 0 Å². The van der Waals surface area contributed by atoms with E-state index < -0.39 is 29.5 Å². The molecule has 0 aliphatic heterocycles. The highest BCUT2D eigenvalue weighted by Gasteiger charge is 2.71. The monoisotopic (exact) mass is 408 g/mol. The standard InChI is InChI=1S/C15H14ClF5N6/c1-22-12-9(15(19,20)21)4-23-13(26-12)25-10-5-24-27(11(10)16)6-2-7-8(3-6)14(7,17)18/h4-8H,2-3H2,1H3,(H2,22,23,25,26)/t6-,7+,8-. The summed E-state index contributed by atoms with van der Waals surface area (Å²) in [7, 11) is 1.31. The number of fused-ring (bicyclic) bond motifs is 1. The van der Waals surface area contributed by atoms with Crippen molar-refractivity contribution >= 4 is 29.1 Å². The Kier molecular flexibility index (Phi) is 3.99. The molecule has 146 valence electrons. The molecular weight excluding hydrogens is 395 g/mol. The second-order valence-electron chi connectivity index (χ2n) is 6.64. The van der Waals surface area contributed by atoms with Crippen molar-refractivity contribution in [1.29, 1.82) is 0 Å². The van der Waals surface area contributed by atoms with E-state index in [9.17, 15) is 22.0 Å². The van der Waals surface area contributed by atoms with Crippen LogP contribution in [-0.4, -0.2) is 32.7 Å². The molecule has 4 rings (SSSR count). The number of nitrogens with one attached hydrogen (secondary N) is 2. The molecule has 6 nitrogen and oxygen atoms in total. The van der Waals surface area contributed by atoms with Crippen molar-refractivity contribution in [3.63, 3.8) is 0 Å². The second-order valence-corrected chi connectivity index (χ2v) is 6.99. The Morgan fingerprint density at radius 3 is 2.48 bits per heavy atom. The van der Waals surface area contributed by atoms with Crippen LogP contribution in [0.25, 0.3) is 0 Å². The van der Waals surface area contributed by atoms with Crippen molar-refractivity contribution in [2.75, 3.05) is 17.7 Å². The van der Waals surface area contributed by atoms with Crippen molar-refractivity contribution in [3.8, 4) is 0 Å². The minimum Gasteiger partial charge on any atom is -0.372 e. The number of hydrogen-bond acceptors (Lipinski definition) is 5. The van der Waals surface area contributed by atoms with Crippen LogP contribution in [-0.2, 0) is 6.18 Å². The van der Waals surface area contributed by atoms with E-state index in [4.69, 9.17) is 11.6 Å². The van der Waals surface area contributed by atoms with Gasteiger partial charge in [0.15, 0.2) is 5.15 Å². The first kappa shape index (κ1) is 18.2. The average Bonchev–Trinajstić information content (AvgIpc) is 2.99. The zero-order valence-electron chi connectivity index (χ0n) is 13.9. The smallest absolute Gasteiger partial charge is 0.372 e. The van der Waals surface area contributed by atoms with Crippen molar-refractivity contribution in [3.05, 3.63) is 23.1 Å². The van der Waals surface area contributed by atoms with Gasteiger partial charge in [-0.2, -0.15) is 23.3 Å². The lowest BCUT2D eigenvalue weighted by Gasteiger charge is -2.16. The summed E-state index contributed by atoms with van der Waals surface area (Å²) in [4.78, 5) is 7.45. The molecule has 3 atom stereocenters. The molecule has 0 radical (unpaired) electrons. The first-order chi connectivity index (χ1) is 12.6. The highest BCUT2D eigenvalue weighted by molar-refractivity contribution is 6.32. The highest BCUT2D eigenvalue weighted by atomic mass is 35.5. The predicted octanol–water partition coefficient (Wildman–Crippen LogP) is 4.35. The topological polar surface area (TPSA) is 67.7 Å². The van der Waals surface area contributed by atoms with E-state index in [-0.39, 0.29) is 28.6 Å². The summed E-state index contributed by atoms with van der Waals surface area (Å²) >= 11 is 6.26. The fourth-order valence-corrected chi connectivity index (χ4v) is 3.91. The van der Waals surface area contributed by atoms with Crippen LogP contribution in [0.4, 0.5) is 39.4 Å². The van der Waals surface area contributed by atoms with Gasteiger partial charge in [0.05, 0.1) is 17.9 Å². The first-order valence-corrected chi connectivity index (χ1v) is 8.50. The number of halogens is 6. The SMILES string of the molecule is CNc1nc(Nc2cnn([C@H]3C[C@@H]4[C@H](C3)C4(F)F)c2Cl)ncc1C(F)(F)F. The minimum atomic E-state index is -4.59. The van der Waals surface area contributed by atoms with Gasteiger partial charge in [-0.25, -0.2) is 18.4 Å². The fraction of sp³-hybridized carbons (Fsp3) is 0.533. The molecule has 2 saturated carbocycles. The molecule has 2 fully saturated rings. The van der Waals surface area contributed by atoms with E-state index in [2.05, 4.69) is 25.7 Å². The van der Waals surface area contributed by atoms with Gasteiger partial charge >= 0.3 is 6.18 Å². The van der Waals surface area contributed by atoms with Gasteiger partial charge in [0, 0.05) is 25.1 Å². The number of nitrogens with zero attached hydrogens (tertiary/aromatic N) is 4. The average molecular weight is 409 g/mol. The number of hydrogen-bond donors (Lipinski definition) is 2. The Labute approximate surface area is 155 Å². The van der Waals surface area contributed by atoms with Crippen molar-refractivity contribution in [2.24, 2.45) is 11.8 Å². The number of aromatic nitrogens is 4. The zero-order chi connectivity index (χ0) is 19.6. The molecule has 12 heteroatoms. The van der Waals surface area contributed by atoms with Gasteiger partial charge < -0.3 is 10.6 Å². The van der Waals surface area contributed by atoms with E-state index >= 15 is 0 Å². The van der Waals surface area contributed by atoms with Gasteiger partial charge in [0.2, 0.25) is 5.95 Å². The number of rotatable bonds is 4. The molecule has 0 aromatic carbocycles. The summed E-state index contributed by atoms with van der Waals surface area (Å²) < 4.78 is 66.8. The number of alkyl halides is 5. The van der Waals surface area contributed by atoms with Gasteiger partial charge in [-0.15, -0.1) is 0 Å². The van der Waals surface area contributed by atoms with Crippen LogP contribution >= 0.6 is 11.6 Å². The summed E-state index contributed by atoms with van der Waals surface area (Å²) in [6.07, 6.45) is -1.99. The lowest BCUT2D eigenvalue weighted by atomic mass is 10.1. The molecule has 0 saturated heterocycles. The van der Waals surface area contributed by atoms with Gasteiger partial charge in [-0.05, 0) is 12.8 Å². The molecule has 0 unspecified atom stereocenters. The maximum Gasteiger partial charge on any atom is 0.421 e. The highest BCUT2D eigenvalue weighted by Crippen LogP contribution is 2.66. The molecule has 2 aromatic rings. The second kappa shape index (κ2) is 5.91. The Morgan fingerprint density at radius 2 is 1.89 bits per heavy atom. The molecule has 2 heterocycles. The molecule has 2 aromatic heterocycles. The normalized spacial score (nSPS) is 26.0. The van der Waals surface area contributed by atoms with E-state index in [0.717, 1.165) is 0 Å². The lowest BCUT2D eigenvalue weighted by molar-refractivity contribution is -0.137. The van der Waals surface area contributed by atoms with Gasteiger partial charge in [0.1, 0.15) is 11.4 Å². The van der Waals surface area contributed by atoms with Crippen molar-refractivity contribution < 1.29 is 22.0 Å². The third-order valence-corrected chi connectivity index (χ3v) is 5.45. The quantitative estimate of drug-likeness (QED) is 0.736. The minimum absolute atomic E-state index is 0.102. The van der Waals surface area contributed by atoms with E-state index in [1.807, 2.05) is 0 Å². The molecule has 0 spiro atoms. The van der Waals surface area contributed by atoms with E-state index in [0.29, 0.717) is 19.0 Å². The Morgan fingerprint density at radius 1 is 1.22 bits per heavy atom. The van der Waals surface area contributed by atoms with Crippen LogP contribution in [0.15, 0.2) is 12.4 Å². The molecule has 0 bridgehead atoms. The summed E-state index contributed by atoms with van der Waals surface area (Å²) in [5.74, 6) is -4.34. The van der Waals surface area contributed by atoms with Gasteiger partial charge in [-0.1, -0.05) is 11.6 Å². The summed E-state index contributed by atoms with van der Waals surface area (Å²) in [6.45, 7) is 0. The van der Waals surface area contributed by atoms with E-state index in [1.54, 1.807) is 0 Å². The largest absolute Gasteiger partial charge is 0.421 e. The Hall–Kier alpha value is -2.17. The maximum absolute atomic E-state index is 13.3. The number of anilines is 3. The molecular formula is C15H14ClF5N6. The summed E-state index contributed by atoms with van der Waals surface area (Å²) in [5.41, 5.74) is -0.714. The van der Waals surface area contributed by atoms with E-state index in [1.165, 1.54) is 17.9 Å². The Balaban J connectivity index is 1.52. The summed E-state index contributed by atoms with van der Waals surface area (Å²) in [6, 6.07) is -0.232. The molecule has 2 aliphatic rings. The van der Waals surface area contributed by atoms with Crippen molar-refractivity contribution in [2.45, 2.75) is 31.0 Å². The first-order valence-electron chi connectivity index (χ1n) is 8.12. The maximum atomic E-state index is 13.3. The van der Waals surface area contributed by atoms with Crippen LogP contribution in [0.1, 0.15) is 24.4 Å². The van der Waals surface area contributed by atoms with Crippen LogP contribution in [0.2, 0.25) is 5.15 Å². The lowest BCUT2D eigenvalue weighted by Crippen LogP contribution is -2.14. The van der Waals surface area contributed by atoms with Crippen LogP contribution in [0, 0.1) is 11.8 Å².